The summed E-state index contributed by atoms with van der Waals surface area (Å²) in [4.78, 5) is 11.7. The summed E-state index contributed by atoms with van der Waals surface area (Å²) in [6, 6.07) is 9.89. The fourth-order valence-electron chi connectivity index (χ4n) is 4.49. The number of H-pyrrole nitrogens is 1. The van der Waals surface area contributed by atoms with E-state index in [-0.39, 0.29) is 22.4 Å². The largest absolute Gasteiger partial charge is 0.492 e. The van der Waals surface area contributed by atoms with Crippen molar-refractivity contribution in [2.75, 3.05) is 11.9 Å². The van der Waals surface area contributed by atoms with Crippen molar-refractivity contribution in [2.45, 2.75) is 39.7 Å². The Bertz CT molecular complexity index is 988. The Hall–Kier alpha value is -3.09. The molecule has 1 fully saturated rings. The zero-order chi connectivity index (χ0) is 20.8. The number of ether oxygens (including phenoxy) is 1. The summed E-state index contributed by atoms with van der Waals surface area (Å²) in [5.74, 6) is 0.697. The highest BCUT2D eigenvalue weighted by Crippen LogP contribution is 2.49. The van der Waals surface area contributed by atoms with Gasteiger partial charge in [-0.25, -0.2) is 0 Å². The van der Waals surface area contributed by atoms with Gasteiger partial charge in [0.05, 0.1) is 16.5 Å². The van der Waals surface area contributed by atoms with Gasteiger partial charge in [0.25, 0.3) is 5.70 Å². The summed E-state index contributed by atoms with van der Waals surface area (Å²) in [5.41, 5.74) is 4.55. The molecule has 2 heterocycles. The highest BCUT2D eigenvalue weighted by atomic mass is 16.6. The SMILES string of the molecule is CC1=C2OC(C)(C)CC2C(CNc2ccc(-c3ccn[nH]3)cc2)C([N+](=O)[O-])=C1C. The number of nitrogens with one attached hydrogen (secondary N) is 2. The number of nitro groups is 1. The monoisotopic (exact) mass is 394 g/mol. The van der Waals surface area contributed by atoms with E-state index >= 15 is 0 Å². The molecule has 29 heavy (non-hydrogen) atoms. The second kappa shape index (κ2) is 7.06. The van der Waals surface area contributed by atoms with Crippen molar-refractivity contribution in [1.82, 2.24) is 10.2 Å². The zero-order valence-electron chi connectivity index (χ0n) is 17.2. The lowest BCUT2D eigenvalue weighted by Gasteiger charge is -2.28. The van der Waals surface area contributed by atoms with Crippen LogP contribution in [0.4, 0.5) is 5.69 Å². The van der Waals surface area contributed by atoms with Crippen molar-refractivity contribution in [1.29, 1.82) is 0 Å². The van der Waals surface area contributed by atoms with Crippen LogP contribution in [0.25, 0.3) is 11.3 Å². The summed E-state index contributed by atoms with van der Waals surface area (Å²) in [6.45, 7) is 8.34. The first-order valence-electron chi connectivity index (χ1n) is 9.86. The number of fused-ring (bicyclic) bond motifs is 1. The van der Waals surface area contributed by atoms with Gasteiger partial charge >= 0.3 is 0 Å². The van der Waals surface area contributed by atoms with Gasteiger partial charge in [-0.05, 0) is 63.5 Å². The molecule has 0 amide bonds. The van der Waals surface area contributed by atoms with E-state index in [1.54, 1.807) is 6.20 Å². The van der Waals surface area contributed by atoms with E-state index in [2.05, 4.69) is 15.5 Å². The van der Waals surface area contributed by atoms with Crippen LogP contribution in [0.5, 0.6) is 0 Å². The van der Waals surface area contributed by atoms with Crippen LogP contribution in [-0.2, 0) is 4.74 Å². The molecule has 1 aliphatic carbocycles. The maximum Gasteiger partial charge on any atom is 0.255 e. The molecule has 4 rings (SSSR count). The van der Waals surface area contributed by atoms with E-state index in [1.807, 2.05) is 58.0 Å². The van der Waals surface area contributed by atoms with Crippen LogP contribution in [0.1, 0.15) is 34.1 Å². The van der Waals surface area contributed by atoms with Gasteiger partial charge in [0.2, 0.25) is 0 Å². The third-order valence-corrected chi connectivity index (χ3v) is 6.01. The van der Waals surface area contributed by atoms with Crippen LogP contribution < -0.4 is 5.32 Å². The molecule has 1 aliphatic heterocycles. The molecule has 0 bridgehead atoms. The Morgan fingerprint density at radius 3 is 2.59 bits per heavy atom. The van der Waals surface area contributed by atoms with Crippen LogP contribution in [0.15, 0.2) is 59.1 Å². The molecule has 0 spiro atoms. The molecule has 2 N–H and O–H groups in total. The number of hydrogen-bond donors (Lipinski definition) is 2. The lowest BCUT2D eigenvalue weighted by atomic mass is 9.76. The molecule has 2 unspecified atom stereocenters. The second-order valence-electron chi connectivity index (χ2n) is 8.46. The maximum atomic E-state index is 11.9. The summed E-state index contributed by atoms with van der Waals surface area (Å²) < 4.78 is 6.19. The lowest BCUT2D eigenvalue weighted by Crippen LogP contribution is -2.32. The summed E-state index contributed by atoms with van der Waals surface area (Å²) in [5, 5.41) is 22.2. The van der Waals surface area contributed by atoms with Gasteiger partial charge in [0, 0.05) is 29.9 Å². The normalized spacial score (nSPS) is 23.0. The van der Waals surface area contributed by atoms with Gasteiger partial charge in [-0.1, -0.05) is 12.1 Å². The Morgan fingerprint density at radius 2 is 1.97 bits per heavy atom. The van der Waals surface area contributed by atoms with E-state index in [0.717, 1.165) is 40.3 Å². The third-order valence-electron chi connectivity index (χ3n) is 6.01. The first-order chi connectivity index (χ1) is 13.8. The highest BCUT2D eigenvalue weighted by Gasteiger charge is 2.49. The van der Waals surface area contributed by atoms with Crippen molar-refractivity contribution in [3.05, 3.63) is 69.2 Å². The van der Waals surface area contributed by atoms with Gasteiger partial charge in [-0.2, -0.15) is 5.10 Å². The number of benzene rings is 1. The fraction of sp³-hybridized carbons (Fsp3) is 0.409. The van der Waals surface area contributed by atoms with Gasteiger partial charge in [-0.3, -0.25) is 15.2 Å². The summed E-state index contributed by atoms with van der Waals surface area (Å²) >= 11 is 0. The molecular weight excluding hydrogens is 368 g/mol. The number of aromatic amines is 1. The maximum absolute atomic E-state index is 11.9. The third kappa shape index (κ3) is 3.52. The van der Waals surface area contributed by atoms with E-state index in [9.17, 15) is 10.1 Å². The van der Waals surface area contributed by atoms with Crippen molar-refractivity contribution >= 4 is 5.69 Å². The minimum atomic E-state index is -0.308. The molecule has 2 atom stereocenters. The number of nitrogens with zero attached hydrogens (tertiary/aromatic N) is 2. The molecule has 152 valence electrons. The van der Waals surface area contributed by atoms with Gasteiger partial charge in [0.1, 0.15) is 11.4 Å². The number of aromatic nitrogens is 2. The fourth-order valence-corrected chi connectivity index (χ4v) is 4.49. The average molecular weight is 394 g/mol. The summed E-state index contributed by atoms with van der Waals surface area (Å²) in [6.07, 6.45) is 2.49. The molecule has 1 aromatic carbocycles. The van der Waals surface area contributed by atoms with Crippen LogP contribution in [0, 0.1) is 22.0 Å². The van der Waals surface area contributed by atoms with Crippen LogP contribution in [-0.4, -0.2) is 27.3 Å². The molecular formula is C22H26N4O3. The number of hydrogen-bond acceptors (Lipinski definition) is 5. The van der Waals surface area contributed by atoms with Gasteiger partial charge in [0.15, 0.2) is 0 Å². The summed E-state index contributed by atoms with van der Waals surface area (Å²) in [7, 11) is 0. The Morgan fingerprint density at radius 1 is 1.24 bits per heavy atom. The first kappa shape index (κ1) is 19.2. The number of anilines is 1. The lowest BCUT2D eigenvalue weighted by molar-refractivity contribution is -0.436. The van der Waals surface area contributed by atoms with Crippen molar-refractivity contribution in [2.24, 2.45) is 11.8 Å². The average Bonchev–Trinajstić information content (AvgIpc) is 3.31. The molecule has 1 saturated heterocycles. The highest BCUT2D eigenvalue weighted by molar-refractivity contribution is 5.62. The van der Waals surface area contributed by atoms with Crippen LogP contribution in [0.3, 0.4) is 0 Å². The minimum Gasteiger partial charge on any atom is -0.492 e. The number of rotatable bonds is 5. The van der Waals surface area contributed by atoms with Gasteiger partial charge < -0.3 is 10.1 Å². The predicted octanol–water partition coefficient (Wildman–Crippen LogP) is 4.76. The van der Waals surface area contributed by atoms with Crippen LogP contribution in [0.2, 0.25) is 0 Å². The van der Waals surface area contributed by atoms with E-state index in [0.29, 0.717) is 12.2 Å². The Kier molecular flexibility index (Phi) is 4.68. The molecule has 7 nitrogen and oxygen atoms in total. The van der Waals surface area contributed by atoms with Crippen molar-refractivity contribution in [3.8, 4) is 11.3 Å². The van der Waals surface area contributed by atoms with E-state index < -0.39 is 0 Å². The number of allylic oxidation sites excluding steroid dienone is 3. The Balaban J connectivity index is 1.57. The smallest absolute Gasteiger partial charge is 0.255 e. The first-order valence-corrected chi connectivity index (χ1v) is 9.86. The van der Waals surface area contributed by atoms with Crippen LogP contribution >= 0.6 is 0 Å². The quantitative estimate of drug-likeness (QED) is 0.563. The predicted molar refractivity (Wildman–Crippen MR) is 112 cm³/mol. The topological polar surface area (TPSA) is 93.1 Å². The molecule has 0 saturated carbocycles. The second-order valence-corrected chi connectivity index (χ2v) is 8.46. The Labute approximate surface area is 170 Å². The van der Waals surface area contributed by atoms with E-state index in [1.165, 1.54) is 0 Å². The zero-order valence-corrected chi connectivity index (χ0v) is 17.2. The molecule has 1 aromatic heterocycles. The molecule has 7 heteroatoms. The molecule has 2 aromatic rings. The van der Waals surface area contributed by atoms with E-state index in [4.69, 9.17) is 4.74 Å². The molecule has 0 radical (unpaired) electrons. The molecule has 2 aliphatic rings. The standard InChI is InChI=1S/C22H26N4O3/c1-13-14(2)21-17(11-22(3,4)29-21)18(20(13)26(27)28)12-23-16-7-5-15(6-8-16)19-9-10-24-25-19/h5-10,17-18,23H,11-12H2,1-4H3,(H,24,25). The minimum absolute atomic E-state index is 0.0193. The van der Waals surface area contributed by atoms with Gasteiger partial charge in [-0.15, -0.1) is 0 Å². The van der Waals surface area contributed by atoms with Crippen molar-refractivity contribution in [3.63, 3.8) is 0 Å². The van der Waals surface area contributed by atoms with Crippen molar-refractivity contribution < 1.29 is 9.66 Å².